The number of pyridine rings is 1. The lowest BCUT2D eigenvalue weighted by Crippen LogP contribution is -2.24. The lowest BCUT2D eigenvalue weighted by atomic mass is 10.2. The van der Waals surface area contributed by atoms with Crippen molar-refractivity contribution >= 4 is 72.5 Å². The molecule has 0 fully saturated rings. The predicted molar refractivity (Wildman–Crippen MR) is 124 cm³/mol. The predicted octanol–water partition coefficient (Wildman–Crippen LogP) is 5.66. The molecule has 0 aliphatic rings. The summed E-state index contributed by atoms with van der Waals surface area (Å²) in [5.74, 6) is -0.107. The molecule has 0 saturated carbocycles. The summed E-state index contributed by atoms with van der Waals surface area (Å²) in [4.78, 5) is 17.4. The van der Waals surface area contributed by atoms with Crippen molar-refractivity contribution in [3.63, 3.8) is 0 Å². The molecule has 1 N–H and O–H groups in total. The van der Waals surface area contributed by atoms with Crippen molar-refractivity contribution in [1.29, 1.82) is 0 Å². The Morgan fingerprint density at radius 1 is 1.20 bits per heavy atom. The van der Waals surface area contributed by atoms with Crippen LogP contribution in [0.5, 0.6) is 0 Å². The fourth-order valence-electron chi connectivity index (χ4n) is 3.28. The number of carbonyl (C=O) groups excluding carboxylic acids is 1. The number of carbonyl (C=O) groups is 1. The van der Waals surface area contributed by atoms with Gasteiger partial charge in [-0.15, -0.1) is 10.2 Å². The molecule has 9 heteroatoms. The third kappa shape index (κ3) is 3.51. The second kappa shape index (κ2) is 7.86. The van der Waals surface area contributed by atoms with Crippen LogP contribution in [0.3, 0.4) is 0 Å². The molecule has 0 bridgehead atoms. The van der Waals surface area contributed by atoms with Gasteiger partial charge in [0.25, 0.3) is 0 Å². The van der Waals surface area contributed by atoms with Gasteiger partial charge in [0.05, 0.1) is 21.0 Å². The Balaban J connectivity index is 1.42. The maximum absolute atomic E-state index is 13.0. The molecular weight excluding hydrogens is 438 g/mol. The molecule has 0 aliphatic carbocycles. The number of thiazole rings is 1. The minimum atomic E-state index is -0.327. The van der Waals surface area contributed by atoms with Crippen LogP contribution in [0.25, 0.3) is 26.8 Å². The summed E-state index contributed by atoms with van der Waals surface area (Å²) < 4.78 is 2.93. The average Bonchev–Trinajstić information content (AvgIpc) is 3.34. The standard InChI is InChI=1S/C21H16ClN5OS2/c1-2-16(19(28)24-20-23-14-9-8-13(22)11-17(14)29-20)30-21-26-25-18-10-7-12-5-3-4-6-15(12)27(18)21/h3-11,16H,2H2,1H3,(H,23,24,28). The van der Waals surface area contributed by atoms with Crippen LogP contribution in [0.1, 0.15) is 13.3 Å². The number of rotatable bonds is 5. The number of halogens is 1. The van der Waals surface area contributed by atoms with Gasteiger partial charge in [-0.25, -0.2) is 4.98 Å². The first kappa shape index (κ1) is 19.3. The van der Waals surface area contributed by atoms with Crippen molar-refractivity contribution in [1.82, 2.24) is 19.6 Å². The van der Waals surface area contributed by atoms with Crippen LogP contribution >= 0.6 is 34.7 Å². The van der Waals surface area contributed by atoms with Crippen molar-refractivity contribution in [3.05, 3.63) is 59.6 Å². The number of fused-ring (bicyclic) bond motifs is 4. The number of thioether (sulfide) groups is 1. The topological polar surface area (TPSA) is 72.2 Å². The van der Waals surface area contributed by atoms with E-state index in [1.54, 1.807) is 6.07 Å². The van der Waals surface area contributed by atoms with Crippen LogP contribution in [-0.4, -0.2) is 30.7 Å². The van der Waals surface area contributed by atoms with Gasteiger partial charge in [-0.05, 0) is 48.2 Å². The zero-order chi connectivity index (χ0) is 20.7. The molecule has 6 nitrogen and oxygen atoms in total. The highest BCUT2D eigenvalue weighted by atomic mass is 35.5. The van der Waals surface area contributed by atoms with E-state index in [2.05, 4.69) is 20.5 Å². The normalized spacial score (nSPS) is 12.6. The summed E-state index contributed by atoms with van der Waals surface area (Å²) in [6, 6.07) is 17.5. The maximum Gasteiger partial charge on any atom is 0.239 e. The molecule has 1 amide bonds. The molecule has 2 aromatic carbocycles. The minimum Gasteiger partial charge on any atom is -0.301 e. The summed E-state index contributed by atoms with van der Waals surface area (Å²) in [5.41, 5.74) is 2.59. The third-order valence-electron chi connectivity index (χ3n) is 4.74. The Labute approximate surface area is 185 Å². The van der Waals surface area contributed by atoms with E-state index >= 15 is 0 Å². The summed E-state index contributed by atoms with van der Waals surface area (Å²) >= 11 is 8.87. The minimum absolute atomic E-state index is 0.107. The van der Waals surface area contributed by atoms with E-state index in [1.807, 2.05) is 59.9 Å². The summed E-state index contributed by atoms with van der Waals surface area (Å²) in [6.07, 6.45) is 0.646. The Morgan fingerprint density at radius 2 is 2.07 bits per heavy atom. The van der Waals surface area contributed by atoms with Crippen LogP contribution in [0, 0.1) is 0 Å². The fraction of sp³-hybridized carbons (Fsp3) is 0.143. The number of anilines is 1. The second-order valence-electron chi connectivity index (χ2n) is 6.70. The molecule has 30 heavy (non-hydrogen) atoms. The fourth-order valence-corrected chi connectivity index (χ4v) is 5.39. The van der Waals surface area contributed by atoms with Gasteiger partial charge >= 0.3 is 0 Å². The van der Waals surface area contributed by atoms with Gasteiger partial charge in [-0.1, -0.05) is 59.8 Å². The van der Waals surface area contributed by atoms with Crippen molar-refractivity contribution in [2.75, 3.05) is 5.32 Å². The summed E-state index contributed by atoms with van der Waals surface area (Å²) in [6.45, 7) is 1.98. The monoisotopic (exact) mass is 453 g/mol. The lowest BCUT2D eigenvalue weighted by molar-refractivity contribution is -0.115. The first-order valence-corrected chi connectivity index (χ1v) is 11.5. The largest absolute Gasteiger partial charge is 0.301 e. The molecule has 150 valence electrons. The highest BCUT2D eigenvalue weighted by molar-refractivity contribution is 8.00. The SMILES string of the molecule is CCC(Sc1nnc2ccc3ccccc3n12)C(=O)Nc1nc2ccc(Cl)cc2s1. The van der Waals surface area contributed by atoms with E-state index in [1.165, 1.54) is 23.1 Å². The molecular formula is C21H16ClN5OS2. The number of nitrogens with zero attached hydrogens (tertiary/aromatic N) is 4. The summed E-state index contributed by atoms with van der Waals surface area (Å²) in [7, 11) is 0. The molecule has 1 atom stereocenters. The summed E-state index contributed by atoms with van der Waals surface area (Å²) in [5, 5.41) is 14.2. The third-order valence-corrected chi connectivity index (χ3v) is 7.22. The highest BCUT2D eigenvalue weighted by Gasteiger charge is 2.22. The molecule has 0 saturated heterocycles. The second-order valence-corrected chi connectivity index (χ2v) is 9.34. The molecule has 0 spiro atoms. The zero-order valence-corrected chi connectivity index (χ0v) is 18.3. The van der Waals surface area contributed by atoms with Crippen LogP contribution in [0.2, 0.25) is 5.02 Å². The number of nitrogens with one attached hydrogen (secondary N) is 1. The molecule has 0 aliphatic heterocycles. The van der Waals surface area contributed by atoms with Crippen molar-refractivity contribution in [2.24, 2.45) is 0 Å². The Kier molecular flexibility index (Phi) is 5.06. The Bertz CT molecular complexity index is 1400. The quantitative estimate of drug-likeness (QED) is 0.348. The van der Waals surface area contributed by atoms with E-state index in [4.69, 9.17) is 11.6 Å². The average molecular weight is 454 g/mol. The number of benzene rings is 2. The van der Waals surface area contributed by atoms with Gasteiger partial charge in [-0.3, -0.25) is 9.20 Å². The van der Waals surface area contributed by atoms with Gasteiger partial charge in [0.15, 0.2) is 15.9 Å². The number of hydrogen-bond acceptors (Lipinski definition) is 6. The Hall–Kier alpha value is -2.68. The van der Waals surface area contributed by atoms with Crippen LogP contribution < -0.4 is 5.32 Å². The molecule has 5 rings (SSSR count). The first-order chi connectivity index (χ1) is 14.6. The lowest BCUT2D eigenvalue weighted by Gasteiger charge is -2.13. The van der Waals surface area contributed by atoms with E-state index in [9.17, 15) is 4.79 Å². The van der Waals surface area contributed by atoms with Crippen molar-refractivity contribution in [3.8, 4) is 0 Å². The molecule has 5 aromatic rings. The van der Waals surface area contributed by atoms with Gasteiger partial charge in [0.2, 0.25) is 5.91 Å². The number of para-hydroxylation sites is 1. The molecule has 3 aromatic heterocycles. The molecule has 3 heterocycles. The van der Waals surface area contributed by atoms with Gasteiger partial charge in [0.1, 0.15) is 0 Å². The van der Waals surface area contributed by atoms with Gasteiger partial charge in [0, 0.05) is 5.02 Å². The Morgan fingerprint density at radius 3 is 2.93 bits per heavy atom. The molecule has 0 radical (unpaired) electrons. The van der Waals surface area contributed by atoms with Crippen molar-refractivity contribution in [2.45, 2.75) is 23.8 Å². The smallest absolute Gasteiger partial charge is 0.239 e. The van der Waals surface area contributed by atoms with Gasteiger partial charge < -0.3 is 5.32 Å². The van der Waals surface area contributed by atoms with E-state index in [0.717, 1.165) is 26.8 Å². The van der Waals surface area contributed by atoms with E-state index in [-0.39, 0.29) is 11.2 Å². The maximum atomic E-state index is 13.0. The molecule has 1 unspecified atom stereocenters. The van der Waals surface area contributed by atoms with Crippen LogP contribution in [0.4, 0.5) is 5.13 Å². The number of aromatic nitrogens is 4. The zero-order valence-electron chi connectivity index (χ0n) is 15.9. The van der Waals surface area contributed by atoms with E-state index in [0.29, 0.717) is 21.7 Å². The van der Waals surface area contributed by atoms with Crippen molar-refractivity contribution < 1.29 is 4.79 Å². The van der Waals surface area contributed by atoms with Gasteiger partial charge in [-0.2, -0.15) is 0 Å². The van der Waals surface area contributed by atoms with Crippen LogP contribution in [-0.2, 0) is 4.79 Å². The first-order valence-electron chi connectivity index (χ1n) is 9.39. The number of hydrogen-bond donors (Lipinski definition) is 1. The number of amides is 1. The van der Waals surface area contributed by atoms with E-state index < -0.39 is 0 Å². The highest BCUT2D eigenvalue weighted by Crippen LogP contribution is 2.31. The van der Waals surface area contributed by atoms with Crippen LogP contribution in [0.15, 0.2) is 59.8 Å².